The first-order valence-corrected chi connectivity index (χ1v) is 9.73. The summed E-state index contributed by atoms with van der Waals surface area (Å²) < 4.78 is 29.5. The average molecular weight is 442 g/mol. The summed E-state index contributed by atoms with van der Waals surface area (Å²) in [6.07, 6.45) is 5.79. The van der Waals surface area contributed by atoms with Crippen molar-refractivity contribution in [3.8, 4) is 0 Å². The molecule has 31 heavy (non-hydrogen) atoms. The number of pyridine rings is 1. The monoisotopic (exact) mass is 441 g/mol. The van der Waals surface area contributed by atoms with Crippen LogP contribution in [0.5, 0.6) is 0 Å². The van der Waals surface area contributed by atoms with Crippen molar-refractivity contribution in [1.82, 2.24) is 14.9 Å². The van der Waals surface area contributed by atoms with Gasteiger partial charge in [0.25, 0.3) is 5.56 Å². The minimum Gasteiger partial charge on any atom is -0.362 e. The molecular weight excluding hydrogens is 428 g/mol. The number of aromatic nitrogens is 2. The van der Waals surface area contributed by atoms with Gasteiger partial charge in [0.1, 0.15) is 23.0 Å². The van der Waals surface area contributed by atoms with E-state index in [1.54, 1.807) is 12.1 Å². The maximum absolute atomic E-state index is 14.0. The number of carbonyl (C=O) groups excluding carboxylic acids is 1. The number of H-pyrrole nitrogens is 1. The molecule has 2 aromatic heterocycles. The first-order valence-electron chi connectivity index (χ1n) is 9.35. The fraction of sp³-hybridized carbons (Fsp3) is 0.143. The third-order valence-electron chi connectivity index (χ3n) is 5.20. The lowest BCUT2D eigenvalue weighted by Gasteiger charge is -2.15. The Balaban J connectivity index is 1.47. The number of nitrogens with zero attached hydrogens (tertiary/aromatic N) is 3. The molecule has 0 amide bonds. The number of allylic oxidation sites excluding steroid dienone is 1. The molecule has 0 saturated heterocycles. The summed E-state index contributed by atoms with van der Waals surface area (Å²) in [6, 6.07) is 4.59. The van der Waals surface area contributed by atoms with E-state index in [4.69, 9.17) is 11.6 Å². The van der Waals surface area contributed by atoms with Crippen molar-refractivity contribution in [3.63, 3.8) is 0 Å². The first-order chi connectivity index (χ1) is 14.9. The van der Waals surface area contributed by atoms with Crippen LogP contribution in [-0.2, 0) is 6.54 Å². The van der Waals surface area contributed by atoms with Crippen molar-refractivity contribution in [2.24, 2.45) is 9.98 Å². The van der Waals surface area contributed by atoms with Crippen LogP contribution < -0.4 is 10.9 Å². The highest BCUT2D eigenvalue weighted by Gasteiger charge is 2.29. The summed E-state index contributed by atoms with van der Waals surface area (Å²) in [5.41, 5.74) is -0.895. The highest BCUT2D eigenvalue weighted by atomic mass is 35.5. The Labute approximate surface area is 178 Å². The third kappa shape index (κ3) is 3.27. The maximum atomic E-state index is 14.0. The van der Waals surface area contributed by atoms with Crippen LogP contribution in [0.15, 0.2) is 62.5 Å². The zero-order valence-electron chi connectivity index (χ0n) is 15.8. The number of carbonyl (C=O) groups is 1. The standard InChI is InChI=1S/C21H14ClF2N5O2/c22-10-6-15-20(26-7-10)28-16(27-15)9-29-5-4-11-12(8-25-18(11)21(29)31)19(30)17-13(23)2-1-3-14(17)24/h1-8,15,20,25H,9H2,(H,27,28). The SMILES string of the molecule is O=C(c1c(F)cccc1F)c1c[nH]c2c(=O)n(CC3=NC4N=CC(Cl)=CC4N3)ccc12. The molecule has 0 radical (unpaired) electrons. The number of dihydropyridines is 1. The Morgan fingerprint density at radius 2 is 2.00 bits per heavy atom. The number of halogens is 3. The van der Waals surface area contributed by atoms with Gasteiger partial charge < -0.3 is 14.9 Å². The number of hydrogen-bond donors (Lipinski definition) is 2. The number of aliphatic imine (C=N–C) groups is 2. The van der Waals surface area contributed by atoms with Crippen LogP contribution in [0.3, 0.4) is 0 Å². The molecule has 0 spiro atoms. The lowest BCUT2D eigenvalue weighted by atomic mass is 10.0. The molecule has 0 saturated carbocycles. The lowest BCUT2D eigenvalue weighted by molar-refractivity contribution is 0.103. The first kappa shape index (κ1) is 19.4. The van der Waals surface area contributed by atoms with E-state index in [-0.39, 0.29) is 35.2 Å². The summed E-state index contributed by atoms with van der Waals surface area (Å²) in [7, 11) is 0. The van der Waals surface area contributed by atoms with E-state index in [2.05, 4.69) is 20.3 Å². The molecule has 10 heteroatoms. The topological polar surface area (TPSA) is 91.6 Å². The van der Waals surface area contributed by atoms with Crippen LogP contribution in [0.25, 0.3) is 10.9 Å². The highest BCUT2D eigenvalue weighted by Crippen LogP contribution is 2.23. The molecule has 156 valence electrons. The summed E-state index contributed by atoms with van der Waals surface area (Å²) in [6.45, 7) is 0.160. The second-order valence-electron chi connectivity index (χ2n) is 7.15. The Bertz CT molecular complexity index is 1370. The van der Waals surface area contributed by atoms with E-state index in [0.29, 0.717) is 10.9 Å². The Morgan fingerprint density at radius 1 is 1.23 bits per heavy atom. The van der Waals surface area contributed by atoms with Gasteiger partial charge in [0.15, 0.2) is 6.17 Å². The molecular formula is C21H14ClF2N5O2. The number of nitrogens with one attached hydrogen (secondary N) is 2. The van der Waals surface area contributed by atoms with Gasteiger partial charge in [-0.2, -0.15) is 0 Å². The van der Waals surface area contributed by atoms with E-state index in [1.165, 1.54) is 29.2 Å². The number of aromatic amines is 1. The molecule has 5 rings (SSSR count). The van der Waals surface area contributed by atoms with E-state index >= 15 is 0 Å². The molecule has 2 aliphatic heterocycles. The smallest absolute Gasteiger partial charge is 0.275 e. The van der Waals surface area contributed by atoms with Crippen molar-refractivity contribution in [2.45, 2.75) is 18.8 Å². The highest BCUT2D eigenvalue weighted by molar-refractivity contribution is 6.39. The zero-order chi connectivity index (χ0) is 21.7. The number of amidine groups is 1. The van der Waals surface area contributed by atoms with Gasteiger partial charge in [-0.1, -0.05) is 17.7 Å². The molecule has 0 bridgehead atoms. The fourth-order valence-corrected chi connectivity index (χ4v) is 3.92. The van der Waals surface area contributed by atoms with Gasteiger partial charge in [-0.15, -0.1) is 0 Å². The van der Waals surface area contributed by atoms with Crippen molar-refractivity contribution in [3.05, 3.63) is 80.9 Å². The van der Waals surface area contributed by atoms with Crippen LogP contribution in [-0.4, -0.2) is 39.6 Å². The number of fused-ring (bicyclic) bond motifs is 2. The summed E-state index contributed by atoms with van der Waals surface area (Å²) in [5, 5.41) is 3.97. The van der Waals surface area contributed by atoms with E-state index < -0.39 is 28.5 Å². The molecule has 4 heterocycles. The van der Waals surface area contributed by atoms with Gasteiger partial charge in [-0.3, -0.25) is 14.6 Å². The van der Waals surface area contributed by atoms with E-state index in [9.17, 15) is 18.4 Å². The molecule has 2 aliphatic rings. The van der Waals surface area contributed by atoms with Crippen molar-refractivity contribution < 1.29 is 13.6 Å². The van der Waals surface area contributed by atoms with Gasteiger partial charge in [0.2, 0.25) is 5.78 Å². The molecule has 2 atom stereocenters. The van der Waals surface area contributed by atoms with Crippen LogP contribution in [0.4, 0.5) is 8.78 Å². The van der Waals surface area contributed by atoms with Gasteiger partial charge in [0.05, 0.1) is 23.2 Å². The van der Waals surface area contributed by atoms with Crippen molar-refractivity contribution >= 4 is 40.3 Å². The van der Waals surface area contributed by atoms with Crippen LogP contribution in [0, 0.1) is 11.6 Å². The maximum Gasteiger partial charge on any atom is 0.275 e. The van der Waals surface area contributed by atoms with Gasteiger partial charge in [-0.25, -0.2) is 13.8 Å². The Kier molecular flexibility index (Phi) is 4.55. The van der Waals surface area contributed by atoms with Gasteiger partial charge in [0, 0.05) is 29.6 Å². The summed E-state index contributed by atoms with van der Waals surface area (Å²) in [4.78, 5) is 37.1. The second-order valence-corrected chi connectivity index (χ2v) is 7.59. The van der Waals surface area contributed by atoms with Crippen LogP contribution in [0.2, 0.25) is 0 Å². The predicted molar refractivity (Wildman–Crippen MR) is 113 cm³/mol. The second kappa shape index (κ2) is 7.28. The van der Waals surface area contributed by atoms with Gasteiger partial charge >= 0.3 is 0 Å². The zero-order valence-corrected chi connectivity index (χ0v) is 16.5. The summed E-state index contributed by atoms with van der Waals surface area (Å²) >= 11 is 5.96. The van der Waals surface area contributed by atoms with E-state index in [0.717, 1.165) is 12.1 Å². The predicted octanol–water partition coefficient (Wildman–Crippen LogP) is 2.74. The molecule has 0 aliphatic carbocycles. The van der Waals surface area contributed by atoms with Crippen molar-refractivity contribution in [2.75, 3.05) is 0 Å². The van der Waals surface area contributed by atoms with E-state index in [1.807, 2.05) is 0 Å². The normalized spacial score (nSPS) is 19.7. The molecule has 2 unspecified atom stereocenters. The molecule has 7 nitrogen and oxygen atoms in total. The number of ketones is 1. The number of hydrogen-bond acceptors (Lipinski definition) is 5. The molecule has 2 N–H and O–H groups in total. The molecule has 0 fully saturated rings. The fourth-order valence-electron chi connectivity index (χ4n) is 3.73. The molecule has 1 aromatic carbocycles. The largest absolute Gasteiger partial charge is 0.362 e. The number of rotatable bonds is 4. The van der Waals surface area contributed by atoms with Gasteiger partial charge in [-0.05, 0) is 24.3 Å². The molecule has 3 aromatic rings. The Hall–Kier alpha value is -3.59. The van der Waals surface area contributed by atoms with Crippen LogP contribution in [0.1, 0.15) is 15.9 Å². The minimum absolute atomic E-state index is 0.0136. The van der Waals surface area contributed by atoms with Crippen LogP contribution >= 0.6 is 11.6 Å². The Morgan fingerprint density at radius 3 is 2.77 bits per heavy atom. The summed E-state index contributed by atoms with van der Waals surface area (Å²) in [5.74, 6) is -2.20. The van der Waals surface area contributed by atoms with Crippen molar-refractivity contribution in [1.29, 1.82) is 0 Å². The third-order valence-corrected chi connectivity index (χ3v) is 5.43. The lowest BCUT2D eigenvalue weighted by Crippen LogP contribution is -2.36. The minimum atomic E-state index is -0.962. The average Bonchev–Trinajstić information content (AvgIpc) is 3.33. The quantitative estimate of drug-likeness (QED) is 0.610. The number of benzene rings is 1.